The fourth-order valence-corrected chi connectivity index (χ4v) is 2.80. The zero-order valence-electron chi connectivity index (χ0n) is 13.7. The first kappa shape index (κ1) is 18.6. The van der Waals surface area contributed by atoms with Gasteiger partial charge in [-0.25, -0.2) is 17.7 Å². The first-order valence-corrected chi connectivity index (χ1v) is 8.56. The Morgan fingerprint density at radius 1 is 1.21 bits per heavy atom. The van der Waals surface area contributed by atoms with Crippen LogP contribution in [0.15, 0.2) is 36.5 Å². The van der Waals surface area contributed by atoms with Gasteiger partial charge < -0.3 is 5.11 Å². The molecule has 7 heteroatoms. The van der Waals surface area contributed by atoms with Gasteiger partial charge in [0.15, 0.2) is 11.6 Å². The number of benzene rings is 1. The molecule has 0 amide bonds. The number of nitrogens with one attached hydrogen (secondary N) is 1. The van der Waals surface area contributed by atoms with Gasteiger partial charge in [0, 0.05) is 6.20 Å². The van der Waals surface area contributed by atoms with Crippen molar-refractivity contribution in [3.63, 3.8) is 0 Å². The second-order valence-electron chi connectivity index (χ2n) is 6.35. The molecule has 0 bridgehead atoms. The Morgan fingerprint density at radius 2 is 1.92 bits per heavy atom. The number of rotatable bonds is 5. The average molecular weight is 354 g/mol. The summed E-state index contributed by atoms with van der Waals surface area (Å²) in [5.74, 6) is -1.93. The van der Waals surface area contributed by atoms with Gasteiger partial charge in [-0.3, -0.25) is 4.98 Å². The number of aliphatic hydroxyl groups is 1. The zero-order valence-corrected chi connectivity index (χ0v) is 14.5. The van der Waals surface area contributed by atoms with E-state index in [1.807, 2.05) is 0 Å². The monoisotopic (exact) mass is 354 g/mol. The molecule has 24 heavy (non-hydrogen) atoms. The van der Waals surface area contributed by atoms with Gasteiger partial charge in [-0.1, -0.05) is 12.1 Å². The maximum Gasteiger partial charge on any atom is 0.159 e. The summed E-state index contributed by atoms with van der Waals surface area (Å²) in [6, 6.07) is 6.18. The summed E-state index contributed by atoms with van der Waals surface area (Å²) in [6.07, 6.45) is 1.49. The van der Waals surface area contributed by atoms with Gasteiger partial charge in [-0.05, 0) is 50.1 Å². The molecular weight excluding hydrogens is 334 g/mol. The molecule has 130 valence electrons. The van der Waals surface area contributed by atoms with Gasteiger partial charge in [-0.2, -0.15) is 0 Å². The van der Waals surface area contributed by atoms with Crippen LogP contribution in [-0.4, -0.2) is 19.0 Å². The summed E-state index contributed by atoms with van der Waals surface area (Å²) in [5.41, 5.74) is 1.53. The number of hydrogen-bond donors (Lipinski definition) is 2. The molecule has 0 aliphatic rings. The van der Waals surface area contributed by atoms with E-state index in [0.717, 1.165) is 12.1 Å². The summed E-state index contributed by atoms with van der Waals surface area (Å²) in [4.78, 5) is 4.24. The van der Waals surface area contributed by atoms with E-state index in [2.05, 4.69) is 9.71 Å². The molecular formula is C17H20F2N2O2S. The Morgan fingerprint density at radius 3 is 2.42 bits per heavy atom. The third-order valence-corrected chi connectivity index (χ3v) is 4.95. The van der Waals surface area contributed by atoms with Crippen LogP contribution < -0.4 is 4.72 Å². The van der Waals surface area contributed by atoms with Crippen molar-refractivity contribution in [2.75, 3.05) is 0 Å². The van der Waals surface area contributed by atoms with Crippen LogP contribution in [0.25, 0.3) is 0 Å². The second kappa shape index (κ2) is 7.46. The molecule has 0 saturated carbocycles. The Kier molecular flexibility index (Phi) is 5.79. The quantitative estimate of drug-likeness (QED) is 0.868. The molecule has 0 unspecified atom stereocenters. The predicted molar refractivity (Wildman–Crippen MR) is 89.4 cm³/mol. The lowest BCUT2D eigenvalue weighted by atomic mass is 10.0. The van der Waals surface area contributed by atoms with E-state index >= 15 is 0 Å². The molecule has 4 nitrogen and oxygen atoms in total. The standard InChI is InChI=1S/C17H20F2N2O2S/c1-17(2,3)24(23)21-16(12-5-6-13(18)14(19)8-12)15-7-4-11(10-22)9-20-15/h4-9,16,21-22H,10H2,1-3H3/t16-,24+/m1/s1. The van der Waals surface area contributed by atoms with Gasteiger partial charge in [0.1, 0.15) is 0 Å². The van der Waals surface area contributed by atoms with E-state index in [4.69, 9.17) is 5.11 Å². The lowest BCUT2D eigenvalue weighted by Crippen LogP contribution is -2.36. The Balaban J connectivity index is 2.43. The van der Waals surface area contributed by atoms with Gasteiger partial charge in [-0.15, -0.1) is 0 Å². The van der Waals surface area contributed by atoms with Crippen molar-refractivity contribution in [1.29, 1.82) is 0 Å². The molecule has 0 fully saturated rings. The largest absolute Gasteiger partial charge is 0.392 e. The molecule has 0 saturated heterocycles. The Labute approximate surface area is 142 Å². The minimum Gasteiger partial charge on any atom is -0.392 e. The normalized spacial score (nSPS) is 14.4. The van der Waals surface area contributed by atoms with Crippen LogP contribution in [-0.2, 0) is 17.6 Å². The van der Waals surface area contributed by atoms with Crippen LogP contribution in [0.5, 0.6) is 0 Å². The van der Waals surface area contributed by atoms with Crippen LogP contribution in [0.3, 0.4) is 0 Å². The van der Waals surface area contributed by atoms with Crippen LogP contribution in [0, 0.1) is 11.6 Å². The molecule has 0 aliphatic heterocycles. The topological polar surface area (TPSA) is 62.2 Å². The average Bonchev–Trinajstić information content (AvgIpc) is 2.54. The van der Waals surface area contributed by atoms with Crippen LogP contribution in [0.2, 0.25) is 0 Å². The molecule has 0 spiro atoms. The van der Waals surface area contributed by atoms with Crippen molar-refractivity contribution in [1.82, 2.24) is 9.71 Å². The Bertz CT molecular complexity index is 730. The molecule has 1 aromatic carbocycles. The van der Waals surface area contributed by atoms with E-state index in [0.29, 0.717) is 16.8 Å². The van der Waals surface area contributed by atoms with Crippen LogP contribution in [0.1, 0.15) is 43.6 Å². The van der Waals surface area contributed by atoms with Gasteiger partial charge in [0.25, 0.3) is 0 Å². The number of aromatic nitrogens is 1. The maximum atomic E-state index is 13.6. The molecule has 1 aromatic heterocycles. The summed E-state index contributed by atoms with van der Waals surface area (Å²) in [5, 5.41) is 9.11. The van der Waals surface area contributed by atoms with E-state index in [1.165, 1.54) is 12.3 Å². The second-order valence-corrected chi connectivity index (χ2v) is 8.35. The maximum absolute atomic E-state index is 13.6. The fraction of sp³-hybridized carbons (Fsp3) is 0.353. The highest BCUT2D eigenvalue weighted by Gasteiger charge is 2.26. The third-order valence-electron chi connectivity index (χ3n) is 3.38. The molecule has 2 N–H and O–H groups in total. The number of halogens is 2. The Hall–Kier alpha value is -1.70. The highest BCUT2D eigenvalue weighted by Crippen LogP contribution is 2.25. The van der Waals surface area contributed by atoms with Crippen LogP contribution in [0.4, 0.5) is 8.78 Å². The first-order valence-electron chi connectivity index (χ1n) is 7.41. The number of pyridine rings is 1. The highest BCUT2D eigenvalue weighted by molar-refractivity contribution is 7.84. The smallest absolute Gasteiger partial charge is 0.159 e. The number of aliphatic hydroxyl groups excluding tert-OH is 1. The summed E-state index contributed by atoms with van der Waals surface area (Å²) >= 11 is 0. The van der Waals surface area contributed by atoms with E-state index < -0.39 is 33.4 Å². The molecule has 0 aliphatic carbocycles. The SMILES string of the molecule is CC(C)(C)[S@](=O)N[C@H](c1ccc(F)c(F)c1)c1ccc(CO)cn1. The van der Waals surface area contributed by atoms with Crippen molar-refractivity contribution < 1.29 is 18.1 Å². The third kappa shape index (κ3) is 4.43. The van der Waals surface area contributed by atoms with Gasteiger partial charge >= 0.3 is 0 Å². The minimum absolute atomic E-state index is 0.148. The van der Waals surface area contributed by atoms with E-state index in [-0.39, 0.29) is 6.61 Å². The van der Waals surface area contributed by atoms with Crippen molar-refractivity contribution in [3.8, 4) is 0 Å². The van der Waals surface area contributed by atoms with Crippen molar-refractivity contribution >= 4 is 11.0 Å². The minimum atomic E-state index is -1.44. The van der Waals surface area contributed by atoms with Crippen molar-refractivity contribution in [2.24, 2.45) is 0 Å². The summed E-state index contributed by atoms with van der Waals surface area (Å²) < 4.78 is 41.7. The van der Waals surface area contributed by atoms with E-state index in [1.54, 1.807) is 32.9 Å². The van der Waals surface area contributed by atoms with Crippen molar-refractivity contribution in [3.05, 3.63) is 65.0 Å². The number of nitrogens with zero attached hydrogens (tertiary/aromatic N) is 1. The highest BCUT2D eigenvalue weighted by atomic mass is 32.2. The molecule has 2 atom stereocenters. The molecule has 0 radical (unpaired) electrons. The predicted octanol–water partition coefficient (Wildman–Crippen LogP) is 2.99. The first-order chi connectivity index (χ1) is 11.2. The summed E-state index contributed by atoms with van der Waals surface area (Å²) in [6.45, 7) is 5.27. The lowest BCUT2D eigenvalue weighted by Gasteiger charge is -2.24. The summed E-state index contributed by atoms with van der Waals surface area (Å²) in [7, 11) is -1.44. The molecule has 2 rings (SSSR count). The van der Waals surface area contributed by atoms with Crippen LogP contribution >= 0.6 is 0 Å². The number of hydrogen-bond acceptors (Lipinski definition) is 3. The van der Waals surface area contributed by atoms with Crippen molar-refractivity contribution in [2.45, 2.75) is 38.2 Å². The molecule has 2 aromatic rings. The van der Waals surface area contributed by atoms with E-state index in [9.17, 15) is 13.0 Å². The van der Waals surface area contributed by atoms with Gasteiger partial charge in [0.05, 0.1) is 34.1 Å². The molecule has 1 heterocycles. The zero-order chi connectivity index (χ0) is 17.9. The fourth-order valence-electron chi connectivity index (χ4n) is 1.98. The lowest BCUT2D eigenvalue weighted by molar-refractivity contribution is 0.281. The van der Waals surface area contributed by atoms with Gasteiger partial charge in [0.2, 0.25) is 0 Å².